The Bertz CT molecular complexity index is 715. The maximum absolute atomic E-state index is 13.6. The zero-order valence-electron chi connectivity index (χ0n) is 13.2. The Balaban J connectivity index is 1.87. The number of halogens is 1. The normalized spacial score (nSPS) is 10.3. The van der Waals surface area contributed by atoms with Crippen LogP contribution in [0.5, 0.6) is 0 Å². The maximum atomic E-state index is 13.6. The molecule has 0 radical (unpaired) electrons. The van der Waals surface area contributed by atoms with E-state index in [1.807, 2.05) is 0 Å². The maximum Gasteiger partial charge on any atom is 0.338 e. The lowest BCUT2D eigenvalue weighted by Gasteiger charge is -2.17. The first-order valence-electron chi connectivity index (χ1n) is 7.35. The van der Waals surface area contributed by atoms with Gasteiger partial charge >= 0.3 is 5.97 Å². The molecule has 0 unspecified atom stereocenters. The third kappa shape index (κ3) is 4.63. The van der Waals surface area contributed by atoms with Crippen molar-refractivity contribution in [3.8, 4) is 0 Å². The molecule has 5 nitrogen and oxygen atoms in total. The number of benzene rings is 2. The number of esters is 1. The van der Waals surface area contributed by atoms with Crippen molar-refractivity contribution in [2.45, 2.75) is 13.2 Å². The second-order valence-corrected chi connectivity index (χ2v) is 5.27. The second-order valence-electron chi connectivity index (χ2n) is 5.27. The standard InChI is InChI=1S/C18H18FNO4/c1-20(10-15-4-2-3-5-16(15)19)17(22)12-24-18(23)14-8-6-13(11-21)7-9-14/h2-9,21H,10-12H2,1H3. The number of carbonyl (C=O) groups excluding carboxylic acids is 2. The van der Waals surface area contributed by atoms with Gasteiger partial charge < -0.3 is 14.7 Å². The van der Waals surface area contributed by atoms with E-state index < -0.39 is 24.3 Å². The first-order valence-corrected chi connectivity index (χ1v) is 7.35. The van der Waals surface area contributed by atoms with Crippen LogP contribution in [0.1, 0.15) is 21.5 Å². The van der Waals surface area contributed by atoms with Gasteiger partial charge in [-0.05, 0) is 23.8 Å². The first kappa shape index (κ1) is 17.6. The number of hydrogen-bond acceptors (Lipinski definition) is 4. The average molecular weight is 331 g/mol. The van der Waals surface area contributed by atoms with Gasteiger partial charge in [0, 0.05) is 19.2 Å². The molecule has 0 spiro atoms. The Morgan fingerprint density at radius 2 is 1.79 bits per heavy atom. The predicted octanol–water partition coefficient (Wildman–Crippen LogP) is 2.13. The number of hydrogen-bond donors (Lipinski definition) is 1. The Labute approximate surface area is 139 Å². The second kappa shape index (κ2) is 8.21. The fraction of sp³-hybridized carbons (Fsp3) is 0.222. The predicted molar refractivity (Wildman–Crippen MR) is 85.5 cm³/mol. The summed E-state index contributed by atoms with van der Waals surface area (Å²) in [6.07, 6.45) is 0. The lowest BCUT2D eigenvalue weighted by atomic mass is 10.1. The summed E-state index contributed by atoms with van der Waals surface area (Å²) >= 11 is 0. The molecule has 0 aliphatic rings. The minimum Gasteiger partial charge on any atom is -0.452 e. The monoisotopic (exact) mass is 331 g/mol. The largest absolute Gasteiger partial charge is 0.452 e. The first-order chi connectivity index (χ1) is 11.5. The van der Waals surface area contributed by atoms with Gasteiger partial charge in [-0.3, -0.25) is 4.79 Å². The number of rotatable bonds is 6. The Hall–Kier alpha value is -2.73. The summed E-state index contributed by atoms with van der Waals surface area (Å²) in [5.74, 6) is -1.45. The van der Waals surface area contributed by atoms with Crippen molar-refractivity contribution in [3.05, 3.63) is 71.0 Å². The lowest BCUT2D eigenvalue weighted by Crippen LogP contribution is -2.31. The molecule has 6 heteroatoms. The number of carbonyl (C=O) groups is 2. The molecule has 0 aliphatic heterocycles. The fourth-order valence-electron chi connectivity index (χ4n) is 2.04. The van der Waals surface area contributed by atoms with E-state index in [9.17, 15) is 14.0 Å². The molecule has 2 aromatic rings. The van der Waals surface area contributed by atoms with E-state index in [0.717, 1.165) is 0 Å². The third-order valence-corrected chi connectivity index (χ3v) is 3.49. The van der Waals surface area contributed by atoms with E-state index in [1.54, 1.807) is 30.3 Å². The van der Waals surface area contributed by atoms with E-state index in [0.29, 0.717) is 11.1 Å². The molecule has 0 aliphatic carbocycles. The Kier molecular flexibility index (Phi) is 6.03. The zero-order valence-corrected chi connectivity index (χ0v) is 13.2. The Morgan fingerprint density at radius 1 is 1.12 bits per heavy atom. The van der Waals surface area contributed by atoms with Crippen LogP contribution >= 0.6 is 0 Å². The summed E-state index contributed by atoms with van der Waals surface area (Å²) in [5.41, 5.74) is 1.35. The average Bonchev–Trinajstić information content (AvgIpc) is 2.61. The van der Waals surface area contributed by atoms with Crippen LogP contribution in [0, 0.1) is 5.82 Å². The van der Waals surface area contributed by atoms with Crippen LogP contribution < -0.4 is 0 Å². The lowest BCUT2D eigenvalue weighted by molar-refractivity contribution is -0.133. The molecule has 2 aromatic carbocycles. The minimum atomic E-state index is -0.632. The molecule has 0 fully saturated rings. The van der Waals surface area contributed by atoms with Gasteiger partial charge in [0.05, 0.1) is 12.2 Å². The van der Waals surface area contributed by atoms with Crippen LogP contribution in [0.3, 0.4) is 0 Å². The van der Waals surface area contributed by atoms with Gasteiger partial charge in [0.2, 0.25) is 0 Å². The molecule has 2 rings (SSSR count). The number of ether oxygens (including phenoxy) is 1. The highest BCUT2D eigenvalue weighted by atomic mass is 19.1. The van der Waals surface area contributed by atoms with Crippen LogP contribution in [0.25, 0.3) is 0 Å². The number of amides is 1. The molecule has 0 bridgehead atoms. The van der Waals surface area contributed by atoms with Gasteiger partial charge in [0.1, 0.15) is 5.82 Å². The minimum absolute atomic E-state index is 0.0915. The van der Waals surface area contributed by atoms with Crippen molar-refractivity contribution in [3.63, 3.8) is 0 Å². The molecule has 1 N–H and O–H groups in total. The highest BCUT2D eigenvalue weighted by Crippen LogP contribution is 2.10. The van der Waals surface area contributed by atoms with Gasteiger partial charge in [-0.25, -0.2) is 9.18 Å². The molecule has 24 heavy (non-hydrogen) atoms. The van der Waals surface area contributed by atoms with Gasteiger partial charge in [0.15, 0.2) is 6.61 Å². The summed E-state index contributed by atoms with van der Waals surface area (Å²) < 4.78 is 18.5. The third-order valence-electron chi connectivity index (χ3n) is 3.49. The van der Waals surface area contributed by atoms with Crippen LogP contribution in [-0.4, -0.2) is 35.5 Å². The molecule has 126 valence electrons. The van der Waals surface area contributed by atoms with Gasteiger partial charge in [0.25, 0.3) is 5.91 Å². The van der Waals surface area contributed by atoms with Gasteiger partial charge in [-0.2, -0.15) is 0 Å². The molecular weight excluding hydrogens is 313 g/mol. The van der Waals surface area contributed by atoms with Crippen molar-refractivity contribution >= 4 is 11.9 Å². The van der Waals surface area contributed by atoms with Crippen LogP contribution in [0.4, 0.5) is 4.39 Å². The van der Waals surface area contributed by atoms with Crippen LogP contribution in [0.2, 0.25) is 0 Å². The summed E-state index contributed by atoms with van der Waals surface area (Å²) in [5, 5.41) is 8.95. The molecular formula is C18H18FNO4. The van der Waals surface area contributed by atoms with Crippen molar-refractivity contribution < 1.29 is 23.8 Å². The van der Waals surface area contributed by atoms with Crippen LogP contribution in [0.15, 0.2) is 48.5 Å². The quantitative estimate of drug-likeness (QED) is 0.824. The van der Waals surface area contributed by atoms with Crippen molar-refractivity contribution in [2.24, 2.45) is 0 Å². The molecule has 0 heterocycles. The SMILES string of the molecule is CN(Cc1ccccc1F)C(=O)COC(=O)c1ccc(CO)cc1. The van der Waals surface area contributed by atoms with Crippen LogP contribution in [-0.2, 0) is 22.7 Å². The Morgan fingerprint density at radius 3 is 2.42 bits per heavy atom. The molecule has 0 saturated heterocycles. The van der Waals surface area contributed by atoms with Gasteiger partial charge in [-0.1, -0.05) is 30.3 Å². The fourth-order valence-corrected chi connectivity index (χ4v) is 2.04. The molecule has 0 saturated carbocycles. The highest BCUT2D eigenvalue weighted by molar-refractivity contribution is 5.91. The van der Waals surface area contributed by atoms with E-state index in [2.05, 4.69) is 0 Å². The van der Waals surface area contributed by atoms with E-state index in [4.69, 9.17) is 9.84 Å². The highest BCUT2D eigenvalue weighted by Gasteiger charge is 2.15. The molecule has 1 amide bonds. The number of aliphatic hydroxyl groups excluding tert-OH is 1. The summed E-state index contributed by atoms with van der Waals surface area (Å²) in [6, 6.07) is 12.4. The van der Waals surface area contributed by atoms with Crippen molar-refractivity contribution in [1.82, 2.24) is 4.90 Å². The number of aliphatic hydroxyl groups is 1. The number of likely N-dealkylation sites (N-methyl/N-ethyl adjacent to an activating group) is 1. The number of nitrogens with zero attached hydrogens (tertiary/aromatic N) is 1. The van der Waals surface area contributed by atoms with Crippen molar-refractivity contribution in [2.75, 3.05) is 13.7 Å². The molecule has 0 aromatic heterocycles. The zero-order chi connectivity index (χ0) is 17.5. The smallest absolute Gasteiger partial charge is 0.338 e. The van der Waals surface area contributed by atoms with E-state index >= 15 is 0 Å². The molecule has 0 atom stereocenters. The topological polar surface area (TPSA) is 66.8 Å². The summed E-state index contributed by atoms with van der Waals surface area (Å²) in [4.78, 5) is 25.1. The van der Waals surface area contributed by atoms with Crippen molar-refractivity contribution in [1.29, 1.82) is 0 Å². The van der Waals surface area contributed by atoms with E-state index in [1.165, 1.54) is 30.1 Å². The summed E-state index contributed by atoms with van der Waals surface area (Å²) in [6.45, 7) is -0.450. The summed E-state index contributed by atoms with van der Waals surface area (Å²) in [7, 11) is 1.51. The van der Waals surface area contributed by atoms with E-state index in [-0.39, 0.29) is 18.7 Å². The van der Waals surface area contributed by atoms with Gasteiger partial charge in [-0.15, -0.1) is 0 Å².